The van der Waals surface area contributed by atoms with Crippen LogP contribution in [0.15, 0.2) is 66.9 Å². The number of benzene rings is 2. The van der Waals surface area contributed by atoms with E-state index in [-0.39, 0.29) is 17.8 Å². The quantitative estimate of drug-likeness (QED) is 0.581. The normalized spacial score (nSPS) is 10.6. The van der Waals surface area contributed by atoms with Crippen LogP contribution in [0.5, 0.6) is 5.75 Å². The number of halogens is 1. The lowest BCUT2D eigenvalue weighted by Gasteiger charge is -2.11. The van der Waals surface area contributed by atoms with Crippen LogP contribution in [-0.2, 0) is 6.42 Å². The zero-order valence-electron chi connectivity index (χ0n) is 16.5. The Labute approximate surface area is 169 Å². The van der Waals surface area contributed by atoms with Crippen molar-refractivity contribution in [3.8, 4) is 5.75 Å². The van der Waals surface area contributed by atoms with Crippen LogP contribution in [-0.4, -0.2) is 23.5 Å². The van der Waals surface area contributed by atoms with Crippen LogP contribution in [0.25, 0.3) is 0 Å². The van der Waals surface area contributed by atoms with E-state index in [1.807, 2.05) is 38.1 Å². The number of carbonyl (C=O) groups excluding carboxylic acids is 1. The molecule has 5 nitrogen and oxygen atoms in total. The van der Waals surface area contributed by atoms with E-state index in [2.05, 4.69) is 15.6 Å². The average Bonchev–Trinajstić information content (AvgIpc) is 2.71. The van der Waals surface area contributed by atoms with E-state index in [1.54, 1.807) is 30.5 Å². The molecule has 150 valence electrons. The summed E-state index contributed by atoms with van der Waals surface area (Å²) in [6.07, 6.45) is 2.34. The minimum Gasteiger partial charge on any atom is -0.491 e. The standard InChI is InChI=1S/C23H24FN3O2/c1-16(2)29-21-9-7-20(8-10-21)27-22-15-18(12-14-25-22)23(28)26-13-11-17-3-5-19(24)6-4-17/h3-10,12,14-16H,11,13H2,1-2H3,(H,25,27)(H,26,28). The molecule has 0 bridgehead atoms. The van der Waals surface area contributed by atoms with Crippen molar-refractivity contribution in [3.63, 3.8) is 0 Å². The van der Waals surface area contributed by atoms with E-state index in [0.717, 1.165) is 17.0 Å². The van der Waals surface area contributed by atoms with Crippen molar-refractivity contribution >= 4 is 17.4 Å². The Morgan fingerprint density at radius 2 is 1.79 bits per heavy atom. The maximum atomic E-state index is 12.9. The first-order valence-corrected chi connectivity index (χ1v) is 9.52. The van der Waals surface area contributed by atoms with Crippen molar-refractivity contribution in [3.05, 3.63) is 83.8 Å². The Balaban J connectivity index is 1.55. The molecule has 1 heterocycles. The van der Waals surface area contributed by atoms with Gasteiger partial charge in [0.05, 0.1) is 6.10 Å². The Hall–Kier alpha value is -3.41. The Bertz CT molecular complexity index is 941. The molecule has 2 N–H and O–H groups in total. The molecule has 0 aliphatic heterocycles. The Morgan fingerprint density at radius 1 is 1.07 bits per heavy atom. The second-order valence-electron chi connectivity index (χ2n) is 6.88. The van der Waals surface area contributed by atoms with Crippen LogP contribution in [0.4, 0.5) is 15.9 Å². The highest BCUT2D eigenvalue weighted by molar-refractivity contribution is 5.94. The third kappa shape index (κ3) is 6.31. The first-order chi connectivity index (χ1) is 14.0. The van der Waals surface area contributed by atoms with E-state index >= 15 is 0 Å². The summed E-state index contributed by atoms with van der Waals surface area (Å²) in [7, 11) is 0. The summed E-state index contributed by atoms with van der Waals surface area (Å²) in [5.41, 5.74) is 2.33. The van der Waals surface area contributed by atoms with Crippen molar-refractivity contribution in [2.24, 2.45) is 0 Å². The van der Waals surface area contributed by atoms with Crippen LogP contribution in [0.2, 0.25) is 0 Å². The summed E-state index contributed by atoms with van der Waals surface area (Å²) in [6.45, 7) is 4.42. The molecule has 0 fully saturated rings. The van der Waals surface area contributed by atoms with Crippen molar-refractivity contribution in [2.75, 3.05) is 11.9 Å². The van der Waals surface area contributed by atoms with E-state index in [4.69, 9.17) is 4.74 Å². The van der Waals surface area contributed by atoms with Crippen LogP contribution in [0.3, 0.4) is 0 Å². The highest BCUT2D eigenvalue weighted by Crippen LogP contribution is 2.20. The molecule has 2 aromatic carbocycles. The van der Waals surface area contributed by atoms with E-state index < -0.39 is 0 Å². The van der Waals surface area contributed by atoms with Gasteiger partial charge in [-0.15, -0.1) is 0 Å². The number of ether oxygens (including phenoxy) is 1. The fraction of sp³-hybridized carbons (Fsp3) is 0.217. The molecular formula is C23H24FN3O2. The summed E-state index contributed by atoms with van der Waals surface area (Å²) in [4.78, 5) is 16.7. The lowest BCUT2D eigenvalue weighted by Crippen LogP contribution is -2.25. The van der Waals surface area contributed by atoms with Crippen LogP contribution < -0.4 is 15.4 Å². The third-order valence-electron chi connectivity index (χ3n) is 4.13. The SMILES string of the molecule is CC(C)Oc1ccc(Nc2cc(C(=O)NCCc3ccc(F)cc3)ccn2)cc1. The predicted octanol–water partition coefficient (Wildman–Crippen LogP) is 4.72. The van der Waals surface area contributed by atoms with Crippen molar-refractivity contribution in [1.29, 1.82) is 0 Å². The summed E-state index contributed by atoms with van der Waals surface area (Å²) >= 11 is 0. The van der Waals surface area contributed by atoms with Gasteiger partial charge in [0, 0.05) is 24.0 Å². The average molecular weight is 393 g/mol. The molecule has 0 radical (unpaired) electrons. The minimum atomic E-state index is -0.267. The number of aromatic nitrogens is 1. The van der Waals surface area contributed by atoms with Gasteiger partial charge in [0.25, 0.3) is 5.91 Å². The highest BCUT2D eigenvalue weighted by atomic mass is 19.1. The number of carbonyl (C=O) groups is 1. The number of anilines is 2. The van der Waals surface area contributed by atoms with E-state index in [0.29, 0.717) is 24.3 Å². The molecule has 1 amide bonds. The van der Waals surface area contributed by atoms with Gasteiger partial charge < -0.3 is 15.4 Å². The molecule has 1 aromatic heterocycles. The van der Waals surface area contributed by atoms with Crippen LogP contribution >= 0.6 is 0 Å². The Kier molecular flexibility index (Phi) is 6.79. The largest absolute Gasteiger partial charge is 0.491 e. The molecule has 0 saturated heterocycles. The molecule has 3 aromatic rings. The molecule has 0 atom stereocenters. The van der Waals surface area contributed by atoms with Gasteiger partial charge in [0.1, 0.15) is 17.4 Å². The highest BCUT2D eigenvalue weighted by Gasteiger charge is 2.07. The number of nitrogens with zero attached hydrogens (tertiary/aromatic N) is 1. The molecule has 3 rings (SSSR count). The molecule has 6 heteroatoms. The maximum absolute atomic E-state index is 12.9. The van der Waals surface area contributed by atoms with Gasteiger partial charge in [-0.2, -0.15) is 0 Å². The van der Waals surface area contributed by atoms with Crippen LogP contribution in [0, 0.1) is 5.82 Å². The molecular weight excluding hydrogens is 369 g/mol. The first kappa shape index (κ1) is 20.3. The monoisotopic (exact) mass is 393 g/mol. The molecule has 29 heavy (non-hydrogen) atoms. The van der Waals surface area contributed by atoms with Gasteiger partial charge in [-0.1, -0.05) is 12.1 Å². The van der Waals surface area contributed by atoms with Gasteiger partial charge in [-0.05, 0) is 74.4 Å². The smallest absolute Gasteiger partial charge is 0.251 e. The second kappa shape index (κ2) is 9.68. The number of hydrogen-bond donors (Lipinski definition) is 2. The predicted molar refractivity (Wildman–Crippen MR) is 112 cm³/mol. The zero-order valence-corrected chi connectivity index (χ0v) is 16.5. The molecule has 0 saturated carbocycles. The third-order valence-corrected chi connectivity index (χ3v) is 4.13. The van der Waals surface area contributed by atoms with E-state index in [1.165, 1.54) is 12.1 Å². The number of rotatable bonds is 8. The van der Waals surface area contributed by atoms with Gasteiger partial charge in [0.2, 0.25) is 0 Å². The lowest BCUT2D eigenvalue weighted by molar-refractivity contribution is 0.0954. The molecule has 0 aliphatic rings. The second-order valence-corrected chi connectivity index (χ2v) is 6.88. The summed E-state index contributed by atoms with van der Waals surface area (Å²) in [6, 6.07) is 17.2. The number of pyridine rings is 1. The minimum absolute atomic E-state index is 0.119. The topological polar surface area (TPSA) is 63.2 Å². The van der Waals surface area contributed by atoms with Crippen molar-refractivity contribution < 1.29 is 13.9 Å². The fourth-order valence-corrected chi connectivity index (χ4v) is 2.75. The summed E-state index contributed by atoms with van der Waals surface area (Å²) in [5, 5.41) is 6.06. The summed E-state index contributed by atoms with van der Waals surface area (Å²) < 4.78 is 18.6. The summed E-state index contributed by atoms with van der Waals surface area (Å²) in [5.74, 6) is 0.927. The Morgan fingerprint density at radius 3 is 2.48 bits per heavy atom. The number of amides is 1. The number of nitrogens with one attached hydrogen (secondary N) is 2. The number of hydrogen-bond acceptors (Lipinski definition) is 4. The molecule has 0 aliphatic carbocycles. The van der Waals surface area contributed by atoms with Gasteiger partial charge >= 0.3 is 0 Å². The molecule has 0 spiro atoms. The molecule has 0 unspecified atom stereocenters. The maximum Gasteiger partial charge on any atom is 0.251 e. The fourth-order valence-electron chi connectivity index (χ4n) is 2.75. The van der Waals surface area contributed by atoms with Gasteiger partial charge in [-0.3, -0.25) is 4.79 Å². The first-order valence-electron chi connectivity index (χ1n) is 9.52. The lowest BCUT2D eigenvalue weighted by atomic mass is 10.1. The van der Waals surface area contributed by atoms with E-state index in [9.17, 15) is 9.18 Å². The van der Waals surface area contributed by atoms with Crippen molar-refractivity contribution in [2.45, 2.75) is 26.4 Å². The van der Waals surface area contributed by atoms with Gasteiger partial charge in [-0.25, -0.2) is 9.37 Å². The van der Waals surface area contributed by atoms with Gasteiger partial charge in [0.15, 0.2) is 0 Å². The van der Waals surface area contributed by atoms with Crippen molar-refractivity contribution in [1.82, 2.24) is 10.3 Å². The van der Waals surface area contributed by atoms with Crippen LogP contribution in [0.1, 0.15) is 29.8 Å². The zero-order chi connectivity index (χ0) is 20.6.